The van der Waals surface area contributed by atoms with Crippen LogP contribution in [0.1, 0.15) is 5.56 Å². The number of hydrogen-bond acceptors (Lipinski definition) is 5. The number of benzene rings is 2. The maximum Gasteiger partial charge on any atom is 0.573 e. The van der Waals surface area contributed by atoms with E-state index in [0.29, 0.717) is 18.7 Å². The highest BCUT2D eigenvalue weighted by atomic mass is 19.4. The molecular formula is C27H27F3N4O2. The van der Waals surface area contributed by atoms with Crippen molar-refractivity contribution in [2.45, 2.75) is 12.8 Å². The first kappa shape index (κ1) is 24.0. The maximum atomic E-state index is 13.2. The summed E-state index contributed by atoms with van der Waals surface area (Å²) in [6, 6.07) is 19.6. The second kappa shape index (κ2) is 9.72. The zero-order chi connectivity index (χ0) is 25.2. The minimum absolute atomic E-state index is 0.0227. The predicted molar refractivity (Wildman–Crippen MR) is 131 cm³/mol. The van der Waals surface area contributed by atoms with Crippen molar-refractivity contribution < 1.29 is 22.7 Å². The Balaban J connectivity index is 1.25. The van der Waals surface area contributed by atoms with Crippen LogP contribution in [0.3, 0.4) is 0 Å². The molecule has 2 saturated heterocycles. The summed E-state index contributed by atoms with van der Waals surface area (Å²) in [4.78, 5) is 21.6. The number of amides is 1. The Bertz CT molecular complexity index is 1170. The Morgan fingerprint density at radius 1 is 1.03 bits per heavy atom. The topological polar surface area (TPSA) is 57.7 Å². The maximum absolute atomic E-state index is 13.2. The van der Waals surface area contributed by atoms with E-state index in [2.05, 4.69) is 32.1 Å². The summed E-state index contributed by atoms with van der Waals surface area (Å²) in [5.41, 5.74) is 2.75. The number of nitrogens with one attached hydrogen (secondary N) is 1. The number of aromatic nitrogens is 1. The van der Waals surface area contributed by atoms with Gasteiger partial charge in [-0.3, -0.25) is 9.78 Å². The van der Waals surface area contributed by atoms with E-state index in [9.17, 15) is 18.0 Å². The predicted octanol–water partition coefficient (Wildman–Crippen LogP) is 4.60. The molecule has 9 heteroatoms. The van der Waals surface area contributed by atoms with Gasteiger partial charge in [0, 0.05) is 62.1 Å². The molecule has 0 saturated carbocycles. The molecule has 1 N–H and O–H groups in total. The minimum Gasteiger partial charge on any atom is -0.406 e. The van der Waals surface area contributed by atoms with Gasteiger partial charge < -0.3 is 19.9 Å². The average molecular weight is 497 g/mol. The van der Waals surface area contributed by atoms with E-state index in [0.717, 1.165) is 25.3 Å². The van der Waals surface area contributed by atoms with E-state index in [1.54, 1.807) is 12.4 Å². The second-order valence-electron chi connectivity index (χ2n) is 9.52. The Hall–Kier alpha value is -3.75. The fraction of sp³-hybridized carbons (Fsp3) is 0.333. The molecule has 3 aromatic rings. The van der Waals surface area contributed by atoms with Crippen molar-refractivity contribution >= 4 is 17.3 Å². The number of hydrogen-bond donors (Lipinski definition) is 1. The molecule has 3 heterocycles. The number of ether oxygens (including phenoxy) is 1. The van der Waals surface area contributed by atoms with E-state index in [1.807, 2.05) is 35.2 Å². The number of pyridine rings is 1. The number of alkyl halides is 3. The lowest BCUT2D eigenvalue weighted by Crippen LogP contribution is -2.61. The average Bonchev–Trinajstić information content (AvgIpc) is 3.23. The highest BCUT2D eigenvalue weighted by Gasteiger charge is 2.54. The molecule has 0 bridgehead atoms. The van der Waals surface area contributed by atoms with Gasteiger partial charge >= 0.3 is 6.36 Å². The van der Waals surface area contributed by atoms with E-state index in [4.69, 9.17) is 0 Å². The van der Waals surface area contributed by atoms with Gasteiger partial charge in [-0.15, -0.1) is 13.2 Å². The second-order valence-corrected chi connectivity index (χ2v) is 9.52. The Kier molecular flexibility index (Phi) is 6.47. The summed E-state index contributed by atoms with van der Waals surface area (Å²) in [6.07, 6.45) is -1.09. The number of likely N-dealkylation sites (tertiary alicyclic amines) is 1. The number of halogens is 3. The zero-order valence-corrected chi connectivity index (χ0v) is 19.6. The number of carbonyl (C=O) groups excluding carboxylic acids is 1. The molecule has 0 aliphatic carbocycles. The molecule has 6 nitrogen and oxygen atoms in total. The molecule has 2 aliphatic heterocycles. The molecule has 36 heavy (non-hydrogen) atoms. The van der Waals surface area contributed by atoms with Gasteiger partial charge in [0.05, 0.1) is 12.1 Å². The third-order valence-electron chi connectivity index (χ3n) is 7.02. The fourth-order valence-corrected chi connectivity index (χ4v) is 5.20. The highest BCUT2D eigenvalue weighted by molar-refractivity contribution is 5.79. The van der Waals surface area contributed by atoms with Crippen molar-refractivity contribution in [3.8, 4) is 5.75 Å². The smallest absolute Gasteiger partial charge is 0.406 e. The van der Waals surface area contributed by atoms with Crippen LogP contribution in [0.5, 0.6) is 5.75 Å². The summed E-state index contributed by atoms with van der Waals surface area (Å²) in [5.74, 6) is -0.0686. The summed E-state index contributed by atoms with van der Waals surface area (Å²) < 4.78 is 41.2. The molecule has 188 valence electrons. The van der Waals surface area contributed by atoms with Gasteiger partial charge in [-0.1, -0.05) is 30.3 Å². The molecule has 1 aromatic heterocycles. The van der Waals surface area contributed by atoms with Gasteiger partial charge in [-0.25, -0.2) is 0 Å². The Morgan fingerprint density at radius 2 is 1.78 bits per heavy atom. The molecule has 2 fully saturated rings. The van der Waals surface area contributed by atoms with Crippen molar-refractivity contribution in [3.63, 3.8) is 0 Å². The van der Waals surface area contributed by atoms with Gasteiger partial charge in [0.2, 0.25) is 5.91 Å². The largest absolute Gasteiger partial charge is 0.573 e. The summed E-state index contributed by atoms with van der Waals surface area (Å²) in [6.45, 7) is 3.74. The van der Waals surface area contributed by atoms with E-state index in [1.165, 1.54) is 30.0 Å². The number of para-hydroxylation sites is 1. The number of carbonyl (C=O) groups is 1. The van der Waals surface area contributed by atoms with Gasteiger partial charge in [0.1, 0.15) is 5.75 Å². The lowest BCUT2D eigenvalue weighted by molar-refractivity contribution is -0.274. The van der Waals surface area contributed by atoms with Crippen LogP contribution in [0.2, 0.25) is 0 Å². The van der Waals surface area contributed by atoms with Crippen LogP contribution >= 0.6 is 0 Å². The van der Waals surface area contributed by atoms with Crippen LogP contribution in [0, 0.1) is 11.3 Å². The summed E-state index contributed by atoms with van der Waals surface area (Å²) in [7, 11) is 0. The Labute approximate surface area is 207 Å². The first-order valence-electron chi connectivity index (χ1n) is 11.9. The van der Waals surface area contributed by atoms with E-state index >= 15 is 0 Å². The molecule has 0 radical (unpaired) electrons. The van der Waals surface area contributed by atoms with Gasteiger partial charge in [0.15, 0.2) is 0 Å². The van der Waals surface area contributed by atoms with Crippen LogP contribution < -0.4 is 15.0 Å². The monoisotopic (exact) mass is 496 g/mol. The van der Waals surface area contributed by atoms with Gasteiger partial charge in [-0.2, -0.15) is 0 Å². The van der Waals surface area contributed by atoms with E-state index in [-0.39, 0.29) is 29.4 Å². The van der Waals surface area contributed by atoms with Gasteiger partial charge in [0.25, 0.3) is 0 Å². The van der Waals surface area contributed by atoms with Crippen molar-refractivity contribution in [2.75, 3.05) is 42.9 Å². The van der Waals surface area contributed by atoms with Crippen LogP contribution in [0.25, 0.3) is 0 Å². The summed E-state index contributed by atoms with van der Waals surface area (Å²) >= 11 is 0. The van der Waals surface area contributed by atoms with Crippen LogP contribution in [0.4, 0.5) is 24.5 Å². The first-order valence-corrected chi connectivity index (χ1v) is 11.9. The minimum atomic E-state index is -4.74. The number of rotatable bonds is 7. The fourth-order valence-electron chi connectivity index (χ4n) is 5.20. The normalized spacial score (nSPS) is 18.7. The summed E-state index contributed by atoms with van der Waals surface area (Å²) in [5, 5.41) is 3.47. The third kappa shape index (κ3) is 5.40. The molecule has 2 aromatic carbocycles. The third-order valence-corrected chi connectivity index (χ3v) is 7.02. The van der Waals surface area contributed by atoms with Crippen molar-refractivity contribution in [3.05, 3.63) is 84.7 Å². The lowest BCUT2D eigenvalue weighted by atomic mass is 9.71. The highest BCUT2D eigenvalue weighted by Crippen LogP contribution is 2.46. The zero-order valence-electron chi connectivity index (χ0n) is 19.6. The van der Waals surface area contributed by atoms with Crippen LogP contribution in [-0.4, -0.2) is 54.9 Å². The quantitative estimate of drug-likeness (QED) is 0.518. The lowest BCUT2D eigenvalue weighted by Gasteiger charge is -2.52. The molecule has 1 atom stereocenters. The van der Waals surface area contributed by atoms with Crippen LogP contribution in [-0.2, 0) is 11.2 Å². The SMILES string of the molecule is O=C(Cc1ccc(OC(F)(F)F)cc1)N1CC(CNc2cccnc2)C2(C1)CN(c1ccccc1)C2. The van der Waals surface area contributed by atoms with Crippen molar-refractivity contribution in [2.24, 2.45) is 11.3 Å². The number of nitrogens with zero attached hydrogens (tertiary/aromatic N) is 3. The first-order chi connectivity index (χ1) is 17.3. The number of anilines is 2. The molecule has 2 aliphatic rings. The molecule has 5 rings (SSSR count). The molecular weight excluding hydrogens is 469 g/mol. The molecule has 1 unspecified atom stereocenters. The van der Waals surface area contributed by atoms with Crippen LogP contribution in [0.15, 0.2) is 79.1 Å². The standard InChI is InChI=1S/C27H27F3N4O2/c28-27(29,30)36-24-10-8-20(9-11-24)13-25(35)33-16-21(14-32-22-5-4-12-31-15-22)26(17-33)18-34(19-26)23-6-2-1-3-7-23/h1-12,15,21,32H,13-14,16-19H2. The van der Waals surface area contributed by atoms with Crippen molar-refractivity contribution in [1.29, 1.82) is 0 Å². The molecule has 1 amide bonds. The van der Waals surface area contributed by atoms with Gasteiger partial charge in [-0.05, 0) is 42.0 Å². The Morgan fingerprint density at radius 3 is 2.44 bits per heavy atom. The van der Waals surface area contributed by atoms with E-state index < -0.39 is 6.36 Å². The van der Waals surface area contributed by atoms with Crippen molar-refractivity contribution in [1.82, 2.24) is 9.88 Å². The molecule has 1 spiro atoms.